The van der Waals surface area contributed by atoms with E-state index in [9.17, 15) is 8.42 Å². The summed E-state index contributed by atoms with van der Waals surface area (Å²) in [5.41, 5.74) is 1.62. The molecule has 0 bridgehead atoms. The molecule has 0 saturated carbocycles. The Hall–Kier alpha value is -2.43. The third-order valence-electron chi connectivity index (χ3n) is 3.02. The molecular weight excluding hydrogens is 318 g/mol. The van der Waals surface area contributed by atoms with Gasteiger partial charge in [0.2, 0.25) is 0 Å². The first kappa shape index (κ1) is 14.5. The maximum atomic E-state index is 12.4. The molecule has 0 aliphatic heterocycles. The fourth-order valence-electron chi connectivity index (χ4n) is 2.05. The van der Waals surface area contributed by atoms with Crippen LogP contribution in [0.4, 0.5) is 5.69 Å². The number of rotatable bonds is 3. The Morgan fingerprint density at radius 3 is 2.82 bits per heavy atom. The summed E-state index contributed by atoms with van der Waals surface area (Å²) in [6, 6.07) is 13.0. The van der Waals surface area contributed by atoms with E-state index < -0.39 is 10.0 Å². The molecule has 22 heavy (non-hydrogen) atoms. The van der Waals surface area contributed by atoms with E-state index in [2.05, 4.69) is 9.71 Å². The lowest BCUT2D eigenvalue weighted by molar-refractivity contribution is 0.601. The van der Waals surface area contributed by atoms with Crippen molar-refractivity contribution in [3.63, 3.8) is 0 Å². The van der Waals surface area contributed by atoms with Gasteiger partial charge < -0.3 is 0 Å². The van der Waals surface area contributed by atoms with Gasteiger partial charge >= 0.3 is 0 Å². The lowest BCUT2D eigenvalue weighted by Crippen LogP contribution is -2.12. The number of hydrogen-bond acceptors (Lipinski definition) is 5. The van der Waals surface area contributed by atoms with Gasteiger partial charge in [0.05, 0.1) is 37.4 Å². The van der Waals surface area contributed by atoms with Gasteiger partial charge in [-0.2, -0.15) is 5.26 Å². The standard InChI is InChI=1S/C15H11N3O2S2/c1-10-17-14-6-5-12(8-15(14)21-10)18-22(19,20)13-4-2-3-11(7-13)9-16/h2-8,18H,1H3. The van der Waals surface area contributed by atoms with Crippen molar-refractivity contribution in [2.24, 2.45) is 0 Å². The van der Waals surface area contributed by atoms with Gasteiger partial charge in [0, 0.05) is 0 Å². The van der Waals surface area contributed by atoms with E-state index in [1.54, 1.807) is 30.3 Å². The van der Waals surface area contributed by atoms with Gasteiger partial charge in [-0.15, -0.1) is 11.3 Å². The van der Waals surface area contributed by atoms with Gasteiger partial charge in [-0.1, -0.05) is 6.07 Å². The quantitative estimate of drug-likeness (QED) is 0.799. The number of fused-ring (bicyclic) bond motifs is 1. The number of nitrogens with one attached hydrogen (secondary N) is 1. The Morgan fingerprint density at radius 2 is 2.05 bits per heavy atom. The second kappa shape index (κ2) is 5.40. The van der Waals surface area contributed by atoms with Crippen molar-refractivity contribution in [3.8, 4) is 6.07 Å². The minimum absolute atomic E-state index is 0.0622. The first-order valence-electron chi connectivity index (χ1n) is 6.38. The Kier molecular flexibility index (Phi) is 3.56. The van der Waals surface area contributed by atoms with E-state index in [1.165, 1.54) is 23.5 Å². The van der Waals surface area contributed by atoms with Crippen LogP contribution in [0.5, 0.6) is 0 Å². The van der Waals surface area contributed by atoms with E-state index in [1.807, 2.05) is 13.0 Å². The molecule has 0 unspecified atom stereocenters. The topological polar surface area (TPSA) is 82.8 Å². The fraction of sp³-hybridized carbons (Fsp3) is 0.0667. The summed E-state index contributed by atoms with van der Waals surface area (Å²) in [6.07, 6.45) is 0. The van der Waals surface area contributed by atoms with E-state index in [0.29, 0.717) is 11.3 Å². The van der Waals surface area contributed by atoms with Crippen LogP contribution in [-0.4, -0.2) is 13.4 Å². The molecule has 0 saturated heterocycles. The van der Waals surface area contributed by atoms with Gasteiger partial charge in [-0.25, -0.2) is 13.4 Å². The zero-order chi connectivity index (χ0) is 15.7. The molecule has 0 atom stereocenters. The van der Waals surface area contributed by atoms with Gasteiger partial charge in [0.25, 0.3) is 10.0 Å². The van der Waals surface area contributed by atoms with Gasteiger partial charge in [-0.3, -0.25) is 4.72 Å². The number of thiazole rings is 1. The molecule has 1 N–H and O–H groups in total. The predicted octanol–water partition coefficient (Wildman–Crippen LogP) is 3.28. The summed E-state index contributed by atoms with van der Waals surface area (Å²) in [4.78, 5) is 4.40. The molecule has 0 aliphatic rings. The van der Waals surface area contributed by atoms with Crippen molar-refractivity contribution in [1.29, 1.82) is 5.26 Å². The Balaban J connectivity index is 1.96. The molecule has 0 spiro atoms. The zero-order valence-corrected chi connectivity index (χ0v) is 13.2. The molecule has 3 rings (SSSR count). The summed E-state index contributed by atoms with van der Waals surface area (Å²) in [7, 11) is -3.72. The van der Waals surface area contributed by atoms with Crippen LogP contribution in [0.3, 0.4) is 0 Å². The van der Waals surface area contributed by atoms with E-state index in [4.69, 9.17) is 5.26 Å². The summed E-state index contributed by atoms with van der Waals surface area (Å²) in [5.74, 6) is 0. The van der Waals surface area contributed by atoms with Crippen molar-refractivity contribution < 1.29 is 8.42 Å². The first-order valence-corrected chi connectivity index (χ1v) is 8.68. The summed E-state index contributed by atoms with van der Waals surface area (Å²) in [5, 5.41) is 9.79. The molecule has 110 valence electrons. The smallest absolute Gasteiger partial charge is 0.261 e. The fourth-order valence-corrected chi connectivity index (χ4v) is 4.01. The van der Waals surface area contributed by atoms with Crippen molar-refractivity contribution in [3.05, 3.63) is 53.0 Å². The van der Waals surface area contributed by atoms with E-state index in [0.717, 1.165) is 15.2 Å². The van der Waals surface area contributed by atoms with Gasteiger partial charge in [0.15, 0.2) is 0 Å². The lowest BCUT2D eigenvalue weighted by Gasteiger charge is -2.08. The maximum absolute atomic E-state index is 12.4. The molecule has 0 fully saturated rings. The molecular formula is C15H11N3O2S2. The lowest BCUT2D eigenvalue weighted by atomic mass is 10.2. The van der Waals surface area contributed by atoms with Crippen molar-refractivity contribution >= 4 is 37.3 Å². The minimum atomic E-state index is -3.72. The summed E-state index contributed by atoms with van der Waals surface area (Å²) in [6.45, 7) is 1.90. The molecule has 0 aliphatic carbocycles. The largest absolute Gasteiger partial charge is 0.280 e. The third-order valence-corrected chi connectivity index (χ3v) is 5.33. The van der Waals surface area contributed by atoms with Crippen LogP contribution in [0.1, 0.15) is 10.6 Å². The highest BCUT2D eigenvalue weighted by molar-refractivity contribution is 7.92. The number of nitrogens with zero attached hydrogens (tertiary/aromatic N) is 2. The number of hydrogen-bond donors (Lipinski definition) is 1. The van der Waals surface area contributed by atoms with Gasteiger partial charge in [0.1, 0.15) is 0 Å². The Labute approximate surface area is 131 Å². The molecule has 7 heteroatoms. The molecule has 1 aromatic heterocycles. The van der Waals surface area contributed by atoms with Crippen molar-refractivity contribution in [1.82, 2.24) is 4.98 Å². The highest BCUT2D eigenvalue weighted by Crippen LogP contribution is 2.26. The second-order valence-electron chi connectivity index (χ2n) is 4.66. The van der Waals surface area contributed by atoms with Gasteiger partial charge in [-0.05, 0) is 43.3 Å². The number of sulfonamides is 1. The maximum Gasteiger partial charge on any atom is 0.261 e. The Bertz CT molecular complexity index is 1000. The van der Waals surface area contributed by atoms with E-state index in [-0.39, 0.29) is 4.90 Å². The number of aromatic nitrogens is 1. The first-order chi connectivity index (χ1) is 10.5. The average molecular weight is 329 g/mol. The van der Waals surface area contributed by atoms with Crippen molar-refractivity contribution in [2.45, 2.75) is 11.8 Å². The van der Waals surface area contributed by atoms with Crippen molar-refractivity contribution in [2.75, 3.05) is 4.72 Å². The molecule has 0 radical (unpaired) electrons. The monoisotopic (exact) mass is 329 g/mol. The van der Waals surface area contributed by atoms with E-state index >= 15 is 0 Å². The number of anilines is 1. The summed E-state index contributed by atoms with van der Waals surface area (Å²) >= 11 is 1.51. The molecule has 5 nitrogen and oxygen atoms in total. The van der Waals surface area contributed by atoms with Crippen LogP contribution >= 0.6 is 11.3 Å². The van der Waals surface area contributed by atoms with Crippen LogP contribution in [-0.2, 0) is 10.0 Å². The average Bonchev–Trinajstić information content (AvgIpc) is 2.86. The zero-order valence-electron chi connectivity index (χ0n) is 11.6. The SMILES string of the molecule is Cc1nc2ccc(NS(=O)(=O)c3cccc(C#N)c3)cc2s1. The number of nitriles is 1. The number of benzene rings is 2. The normalized spacial score (nSPS) is 11.3. The highest BCUT2D eigenvalue weighted by Gasteiger charge is 2.15. The molecule has 0 amide bonds. The molecule has 3 aromatic rings. The predicted molar refractivity (Wildman–Crippen MR) is 86.3 cm³/mol. The second-order valence-corrected chi connectivity index (χ2v) is 7.58. The van der Waals surface area contributed by atoms with Crippen LogP contribution in [0.2, 0.25) is 0 Å². The Morgan fingerprint density at radius 1 is 1.23 bits per heavy atom. The van der Waals surface area contributed by atoms with Crippen LogP contribution in [0.25, 0.3) is 10.2 Å². The molecule has 1 heterocycles. The highest BCUT2D eigenvalue weighted by atomic mass is 32.2. The third kappa shape index (κ3) is 2.79. The number of aryl methyl sites for hydroxylation is 1. The summed E-state index contributed by atoms with van der Waals surface area (Å²) < 4.78 is 28.2. The van der Waals surface area contributed by atoms with Crippen LogP contribution < -0.4 is 4.72 Å². The van der Waals surface area contributed by atoms with Crippen LogP contribution in [0.15, 0.2) is 47.4 Å². The molecule has 2 aromatic carbocycles. The van der Waals surface area contributed by atoms with Crippen LogP contribution in [0, 0.1) is 18.3 Å². The minimum Gasteiger partial charge on any atom is -0.280 e.